The Bertz CT molecular complexity index is 1150. The molecule has 138 valence electrons. The normalized spacial score (nSPS) is 12.4. The lowest BCUT2D eigenvalue weighted by Gasteiger charge is -2.13. The van der Waals surface area contributed by atoms with Crippen molar-refractivity contribution < 1.29 is 0 Å². The number of rotatable bonds is 3. The summed E-state index contributed by atoms with van der Waals surface area (Å²) >= 11 is 0. The zero-order chi connectivity index (χ0) is 19.5. The maximum absolute atomic E-state index is 4.68. The molecule has 1 aliphatic carbocycles. The first kappa shape index (κ1) is 17.3. The van der Waals surface area contributed by atoms with Gasteiger partial charge in [0.2, 0.25) is 0 Å². The molecule has 0 radical (unpaired) electrons. The molecule has 0 unspecified atom stereocenters. The van der Waals surface area contributed by atoms with Crippen molar-refractivity contribution in [3.63, 3.8) is 0 Å². The topological polar surface area (TPSA) is 25.8 Å². The van der Waals surface area contributed by atoms with Crippen molar-refractivity contribution >= 4 is 6.08 Å². The van der Waals surface area contributed by atoms with Crippen molar-refractivity contribution in [2.75, 3.05) is 0 Å². The molecule has 0 bridgehead atoms. The quantitative estimate of drug-likeness (QED) is 0.405. The Hall–Kier alpha value is -3.78. The molecule has 2 heteroatoms. The number of hydrogen-bond acceptors (Lipinski definition) is 2. The monoisotopic (exact) mass is 372 g/mol. The summed E-state index contributed by atoms with van der Waals surface area (Å²) in [5.74, 6) is 0. The highest BCUT2D eigenvalue weighted by atomic mass is 14.8. The predicted molar refractivity (Wildman–Crippen MR) is 120 cm³/mol. The third kappa shape index (κ3) is 3.53. The molecule has 3 aromatic carbocycles. The van der Waals surface area contributed by atoms with Crippen molar-refractivity contribution in [1.82, 2.24) is 9.97 Å². The van der Waals surface area contributed by atoms with Gasteiger partial charge in [-0.15, -0.1) is 0 Å². The number of benzene rings is 3. The number of fused-ring (bicyclic) bond motifs is 1. The molecule has 0 N–H and O–H groups in total. The molecule has 0 spiro atoms. The molecular weight excluding hydrogens is 352 g/mol. The fourth-order valence-corrected chi connectivity index (χ4v) is 3.77. The van der Waals surface area contributed by atoms with Crippen LogP contribution in [0.1, 0.15) is 11.3 Å². The van der Waals surface area contributed by atoms with Crippen molar-refractivity contribution in [3.8, 4) is 33.5 Å². The van der Waals surface area contributed by atoms with E-state index < -0.39 is 0 Å². The molecule has 0 amide bonds. The van der Waals surface area contributed by atoms with E-state index in [9.17, 15) is 0 Å². The molecule has 0 saturated carbocycles. The van der Waals surface area contributed by atoms with E-state index in [1.54, 1.807) is 6.33 Å². The van der Waals surface area contributed by atoms with Gasteiger partial charge in [0, 0.05) is 17.5 Å². The van der Waals surface area contributed by atoms with Gasteiger partial charge >= 0.3 is 0 Å². The van der Waals surface area contributed by atoms with Gasteiger partial charge in [-0.05, 0) is 40.5 Å². The summed E-state index contributed by atoms with van der Waals surface area (Å²) in [6.07, 6.45) is 10.9. The maximum atomic E-state index is 4.68. The van der Waals surface area contributed by atoms with Crippen molar-refractivity contribution in [3.05, 3.63) is 115 Å². The second-order valence-corrected chi connectivity index (χ2v) is 7.11. The molecule has 0 atom stereocenters. The van der Waals surface area contributed by atoms with Crippen LogP contribution in [0.5, 0.6) is 0 Å². The van der Waals surface area contributed by atoms with Crippen LogP contribution in [0.3, 0.4) is 0 Å². The minimum absolute atomic E-state index is 0.821. The average Bonchev–Trinajstić information content (AvgIpc) is 3.05. The highest BCUT2D eigenvalue weighted by Gasteiger charge is 2.14. The Morgan fingerprint density at radius 1 is 0.586 bits per heavy atom. The molecule has 0 aliphatic heterocycles. The minimum atomic E-state index is 0.821. The third-order valence-corrected chi connectivity index (χ3v) is 5.21. The Balaban J connectivity index is 1.74. The lowest BCUT2D eigenvalue weighted by Crippen LogP contribution is -1.98. The Kier molecular flexibility index (Phi) is 4.59. The summed E-state index contributed by atoms with van der Waals surface area (Å²) < 4.78 is 0. The van der Waals surface area contributed by atoms with Crippen molar-refractivity contribution in [1.29, 1.82) is 0 Å². The largest absolute Gasteiger partial charge is 0.240 e. The first-order valence-corrected chi connectivity index (χ1v) is 9.82. The Morgan fingerprint density at radius 3 is 1.86 bits per heavy atom. The first-order valence-electron chi connectivity index (χ1n) is 9.82. The summed E-state index contributed by atoms with van der Waals surface area (Å²) in [5.41, 5.74) is 9.01. The van der Waals surface area contributed by atoms with Crippen molar-refractivity contribution in [2.24, 2.45) is 0 Å². The molecule has 29 heavy (non-hydrogen) atoms. The van der Waals surface area contributed by atoms with E-state index >= 15 is 0 Å². The van der Waals surface area contributed by atoms with Crippen LogP contribution in [-0.4, -0.2) is 9.97 Å². The molecule has 5 rings (SSSR count). The van der Waals surface area contributed by atoms with E-state index in [1.165, 1.54) is 22.3 Å². The van der Waals surface area contributed by atoms with Crippen molar-refractivity contribution in [2.45, 2.75) is 6.42 Å². The molecule has 1 aromatic heterocycles. The highest BCUT2D eigenvalue weighted by Crippen LogP contribution is 2.34. The standard InChI is InChI=1S/C27H20N2/c1-4-10-20(11-5-1)22-16-23(21-12-6-2-7-13-21)18-24(17-22)27-25-14-8-3-9-15-26(25)28-19-29-27/h1-14,16-19H,15H2. The average molecular weight is 372 g/mol. The second-order valence-electron chi connectivity index (χ2n) is 7.11. The number of allylic oxidation sites excluding steroid dienone is 3. The summed E-state index contributed by atoms with van der Waals surface area (Å²) in [6, 6.07) is 27.7. The molecule has 4 aromatic rings. The van der Waals surface area contributed by atoms with Gasteiger partial charge in [0.1, 0.15) is 6.33 Å². The van der Waals surface area contributed by atoms with Gasteiger partial charge < -0.3 is 0 Å². The van der Waals surface area contributed by atoms with Gasteiger partial charge in [-0.1, -0.05) is 85.0 Å². The summed E-state index contributed by atoms with van der Waals surface area (Å²) in [5, 5.41) is 0. The van der Waals surface area contributed by atoms with E-state index in [2.05, 4.69) is 101 Å². The van der Waals surface area contributed by atoms with E-state index in [-0.39, 0.29) is 0 Å². The van der Waals surface area contributed by atoms with E-state index in [0.717, 1.165) is 28.9 Å². The van der Waals surface area contributed by atoms with E-state index in [4.69, 9.17) is 0 Å². The summed E-state index contributed by atoms with van der Waals surface area (Å²) in [7, 11) is 0. The predicted octanol–water partition coefficient (Wildman–Crippen LogP) is 6.60. The molecular formula is C27H20N2. The fourth-order valence-electron chi connectivity index (χ4n) is 3.77. The molecule has 0 fully saturated rings. The molecule has 2 nitrogen and oxygen atoms in total. The number of aromatic nitrogens is 2. The zero-order valence-electron chi connectivity index (χ0n) is 16.0. The van der Waals surface area contributed by atoms with Gasteiger partial charge in [-0.25, -0.2) is 9.97 Å². The zero-order valence-corrected chi connectivity index (χ0v) is 16.0. The van der Waals surface area contributed by atoms with Crippen LogP contribution in [0, 0.1) is 0 Å². The van der Waals surface area contributed by atoms with Crippen LogP contribution >= 0.6 is 0 Å². The van der Waals surface area contributed by atoms with Gasteiger partial charge in [-0.3, -0.25) is 0 Å². The Labute approximate surface area is 170 Å². The highest BCUT2D eigenvalue weighted by molar-refractivity contribution is 5.83. The SMILES string of the molecule is C1=CCc2ncnc(-c3cc(-c4ccccc4)cc(-c4ccccc4)c3)c2C=C1. The maximum Gasteiger partial charge on any atom is 0.116 e. The number of nitrogens with zero attached hydrogens (tertiary/aromatic N) is 2. The van der Waals surface area contributed by atoms with Crippen LogP contribution in [0.15, 0.2) is 103 Å². The van der Waals surface area contributed by atoms with Gasteiger partial charge in [0.15, 0.2) is 0 Å². The van der Waals surface area contributed by atoms with E-state index in [1.807, 2.05) is 12.1 Å². The summed E-state index contributed by atoms with van der Waals surface area (Å²) in [6.45, 7) is 0. The van der Waals surface area contributed by atoms with Crippen LogP contribution in [0.2, 0.25) is 0 Å². The van der Waals surface area contributed by atoms with Gasteiger partial charge in [0.05, 0.1) is 11.4 Å². The first-order chi connectivity index (χ1) is 14.4. The summed E-state index contributed by atoms with van der Waals surface area (Å²) in [4.78, 5) is 9.20. The lowest BCUT2D eigenvalue weighted by atomic mass is 9.93. The molecule has 1 aliphatic rings. The second kappa shape index (κ2) is 7.69. The van der Waals surface area contributed by atoms with Crippen LogP contribution in [0.25, 0.3) is 39.6 Å². The molecule has 1 heterocycles. The Morgan fingerprint density at radius 2 is 1.21 bits per heavy atom. The van der Waals surface area contributed by atoms with E-state index in [0.29, 0.717) is 0 Å². The van der Waals surface area contributed by atoms with Gasteiger partial charge in [-0.2, -0.15) is 0 Å². The van der Waals surface area contributed by atoms with Crippen LogP contribution < -0.4 is 0 Å². The van der Waals surface area contributed by atoms with Crippen LogP contribution in [-0.2, 0) is 6.42 Å². The van der Waals surface area contributed by atoms with Gasteiger partial charge in [0.25, 0.3) is 0 Å². The smallest absolute Gasteiger partial charge is 0.116 e. The number of hydrogen-bond donors (Lipinski definition) is 0. The van der Waals surface area contributed by atoms with Crippen LogP contribution in [0.4, 0.5) is 0 Å². The minimum Gasteiger partial charge on any atom is -0.240 e. The third-order valence-electron chi connectivity index (χ3n) is 5.21. The fraction of sp³-hybridized carbons (Fsp3) is 0.0370. The lowest BCUT2D eigenvalue weighted by molar-refractivity contribution is 1.05. The molecule has 0 saturated heterocycles.